The summed E-state index contributed by atoms with van der Waals surface area (Å²) in [4.78, 5) is 11.3. The molecule has 4 heteroatoms. The maximum Gasteiger partial charge on any atom is 0.153 e. The van der Waals surface area contributed by atoms with Gasteiger partial charge < -0.3 is 4.74 Å². The van der Waals surface area contributed by atoms with Crippen molar-refractivity contribution in [2.45, 2.75) is 25.7 Å². The van der Waals surface area contributed by atoms with Gasteiger partial charge in [0.25, 0.3) is 0 Å². The van der Waals surface area contributed by atoms with Gasteiger partial charge in [-0.25, -0.2) is 8.78 Å². The van der Waals surface area contributed by atoms with Crippen LogP contribution in [0.2, 0.25) is 0 Å². The minimum absolute atomic E-state index is 0.328. The first-order valence-corrected chi connectivity index (χ1v) is 7.35. The molecule has 0 aliphatic heterocycles. The van der Waals surface area contributed by atoms with Gasteiger partial charge in [-0.3, -0.25) is 4.79 Å². The monoisotopic (exact) mass is 302 g/mol. The zero-order valence-corrected chi connectivity index (χ0v) is 12.2. The third kappa shape index (κ3) is 2.73. The molecule has 0 heterocycles. The van der Waals surface area contributed by atoms with Crippen molar-refractivity contribution in [3.05, 3.63) is 53.1 Å². The second-order valence-electron chi connectivity index (χ2n) is 5.43. The molecule has 2 nitrogen and oxygen atoms in total. The lowest BCUT2D eigenvalue weighted by Gasteiger charge is -2.15. The first kappa shape index (κ1) is 14.7. The van der Waals surface area contributed by atoms with E-state index in [0.717, 1.165) is 30.8 Å². The van der Waals surface area contributed by atoms with Crippen molar-refractivity contribution < 1.29 is 18.3 Å². The molecule has 2 aromatic rings. The summed E-state index contributed by atoms with van der Waals surface area (Å²) in [6, 6.07) is 7.01. The van der Waals surface area contributed by atoms with Gasteiger partial charge in [0.15, 0.2) is 6.29 Å². The predicted octanol–water partition coefficient (Wildman–Crippen LogP) is 4.72. The molecular formula is C18H16F2O2. The topological polar surface area (TPSA) is 26.3 Å². The van der Waals surface area contributed by atoms with Crippen molar-refractivity contribution in [1.82, 2.24) is 0 Å². The van der Waals surface area contributed by atoms with Crippen molar-refractivity contribution in [3.8, 4) is 16.9 Å². The number of carbonyl (C=O) groups is 1. The molecule has 0 amide bonds. The van der Waals surface area contributed by atoms with Gasteiger partial charge in [0.2, 0.25) is 0 Å². The second kappa shape index (κ2) is 5.87. The molecule has 114 valence electrons. The molecule has 22 heavy (non-hydrogen) atoms. The Balaban J connectivity index is 2.19. The average Bonchev–Trinajstić information content (AvgIpc) is 3.32. The van der Waals surface area contributed by atoms with E-state index in [0.29, 0.717) is 35.0 Å². The van der Waals surface area contributed by atoms with E-state index >= 15 is 0 Å². The van der Waals surface area contributed by atoms with Gasteiger partial charge in [0.05, 0.1) is 12.2 Å². The van der Waals surface area contributed by atoms with Crippen LogP contribution in [0.4, 0.5) is 8.78 Å². The number of aldehydes is 1. The largest absolute Gasteiger partial charge is 0.493 e. The van der Waals surface area contributed by atoms with Gasteiger partial charge in [-0.2, -0.15) is 0 Å². The molecule has 0 N–H and O–H groups in total. The van der Waals surface area contributed by atoms with E-state index < -0.39 is 11.6 Å². The zero-order chi connectivity index (χ0) is 15.7. The lowest BCUT2D eigenvalue weighted by molar-refractivity contribution is 0.112. The third-order valence-electron chi connectivity index (χ3n) is 3.85. The van der Waals surface area contributed by atoms with Crippen LogP contribution in [0.3, 0.4) is 0 Å². The fourth-order valence-corrected chi connectivity index (χ4v) is 2.66. The molecular weight excluding hydrogens is 286 g/mol. The number of hydrogen-bond acceptors (Lipinski definition) is 2. The van der Waals surface area contributed by atoms with Gasteiger partial charge in [-0.15, -0.1) is 0 Å². The normalized spacial score (nSPS) is 14.0. The highest BCUT2D eigenvalue weighted by Crippen LogP contribution is 2.46. The molecule has 2 aromatic carbocycles. The number of rotatable bonds is 5. The molecule has 1 aliphatic rings. The van der Waals surface area contributed by atoms with Crippen LogP contribution in [0.1, 0.15) is 41.6 Å². The Morgan fingerprint density at radius 1 is 1.18 bits per heavy atom. The van der Waals surface area contributed by atoms with E-state index in [2.05, 4.69) is 0 Å². The van der Waals surface area contributed by atoms with Crippen LogP contribution in [-0.2, 0) is 0 Å². The van der Waals surface area contributed by atoms with Crippen LogP contribution >= 0.6 is 0 Å². The van der Waals surface area contributed by atoms with E-state index in [1.165, 1.54) is 12.1 Å². The summed E-state index contributed by atoms with van der Waals surface area (Å²) in [5, 5.41) is 0. The molecule has 1 saturated carbocycles. The lowest BCUT2D eigenvalue weighted by atomic mass is 9.94. The summed E-state index contributed by atoms with van der Waals surface area (Å²) in [6.45, 7) is 2.23. The maximum atomic E-state index is 14.1. The Kier molecular flexibility index (Phi) is 3.92. The Morgan fingerprint density at radius 3 is 2.55 bits per heavy atom. The number of carbonyl (C=O) groups excluding carboxylic acids is 1. The highest BCUT2D eigenvalue weighted by Gasteiger charge is 2.28. The highest BCUT2D eigenvalue weighted by molar-refractivity contribution is 5.84. The minimum atomic E-state index is -0.608. The van der Waals surface area contributed by atoms with Crippen molar-refractivity contribution in [3.63, 3.8) is 0 Å². The Morgan fingerprint density at radius 2 is 1.95 bits per heavy atom. The number of benzene rings is 2. The number of ether oxygens (including phenoxy) is 1. The molecule has 0 radical (unpaired) electrons. The standard InChI is InChI=1S/C18H16F2O2/c1-2-22-18-9-16(14-6-5-13(19)8-17(14)20)15(11-3-4-11)7-12(18)10-21/h5-11H,2-4H2,1H3. The average molecular weight is 302 g/mol. The third-order valence-corrected chi connectivity index (χ3v) is 3.85. The van der Waals surface area contributed by atoms with Crippen LogP contribution in [0, 0.1) is 11.6 Å². The molecule has 0 saturated heterocycles. The quantitative estimate of drug-likeness (QED) is 0.747. The number of hydrogen-bond donors (Lipinski definition) is 0. The van der Waals surface area contributed by atoms with Gasteiger partial charge in [-0.1, -0.05) is 0 Å². The van der Waals surface area contributed by atoms with Crippen molar-refractivity contribution in [2.75, 3.05) is 6.61 Å². The van der Waals surface area contributed by atoms with Gasteiger partial charge in [0.1, 0.15) is 17.4 Å². The smallest absolute Gasteiger partial charge is 0.153 e. The maximum absolute atomic E-state index is 14.1. The summed E-state index contributed by atoms with van der Waals surface area (Å²) >= 11 is 0. The fraction of sp³-hybridized carbons (Fsp3) is 0.278. The molecule has 3 rings (SSSR count). The summed E-state index contributed by atoms with van der Waals surface area (Å²) in [5.74, 6) is -0.457. The Hall–Kier alpha value is -2.23. The number of halogens is 2. The molecule has 0 aromatic heterocycles. The van der Waals surface area contributed by atoms with Crippen LogP contribution in [-0.4, -0.2) is 12.9 Å². The Labute approximate surface area is 127 Å². The van der Waals surface area contributed by atoms with Crippen LogP contribution in [0.15, 0.2) is 30.3 Å². The van der Waals surface area contributed by atoms with Crippen molar-refractivity contribution in [1.29, 1.82) is 0 Å². The van der Waals surface area contributed by atoms with Crippen LogP contribution in [0.25, 0.3) is 11.1 Å². The van der Waals surface area contributed by atoms with E-state index in [1.807, 2.05) is 6.92 Å². The minimum Gasteiger partial charge on any atom is -0.493 e. The molecule has 1 fully saturated rings. The van der Waals surface area contributed by atoms with Gasteiger partial charge >= 0.3 is 0 Å². The van der Waals surface area contributed by atoms with Crippen LogP contribution < -0.4 is 4.74 Å². The first-order chi connectivity index (χ1) is 10.6. The summed E-state index contributed by atoms with van der Waals surface area (Å²) in [6.07, 6.45) is 2.78. The molecule has 0 spiro atoms. The van der Waals surface area contributed by atoms with E-state index in [1.54, 1.807) is 12.1 Å². The zero-order valence-electron chi connectivity index (χ0n) is 12.2. The van der Waals surface area contributed by atoms with Crippen LogP contribution in [0.5, 0.6) is 5.75 Å². The first-order valence-electron chi connectivity index (χ1n) is 7.35. The summed E-state index contributed by atoms with van der Waals surface area (Å²) in [5.41, 5.74) is 2.40. The summed E-state index contributed by atoms with van der Waals surface area (Å²) in [7, 11) is 0. The molecule has 0 atom stereocenters. The van der Waals surface area contributed by atoms with E-state index in [-0.39, 0.29) is 0 Å². The Bertz CT molecular complexity index is 721. The lowest BCUT2D eigenvalue weighted by Crippen LogP contribution is -2.00. The van der Waals surface area contributed by atoms with E-state index in [9.17, 15) is 13.6 Å². The molecule has 0 unspecified atom stereocenters. The molecule has 0 bridgehead atoms. The fourth-order valence-electron chi connectivity index (χ4n) is 2.66. The second-order valence-corrected chi connectivity index (χ2v) is 5.43. The van der Waals surface area contributed by atoms with Gasteiger partial charge in [0, 0.05) is 11.6 Å². The summed E-state index contributed by atoms with van der Waals surface area (Å²) < 4.78 is 32.8. The molecule has 1 aliphatic carbocycles. The van der Waals surface area contributed by atoms with Crippen molar-refractivity contribution in [2.24, 2.45) is 0 Å². The SMILES string of the molecule is CCOc1cc(-c2ccc(F)cc2F)c(C2CC2)cc1C=O. The van der Waals surface area contributed by atoms with Gasteiger partial charge in [-0.05, 0) is 61.1 Å². The predicted molar refractivity (Wildman–Crippen MR) is 80.3 cm³/mol. The highest BCUT2D eigenvalue weighted by atomic mass is 19.1. The van der Waals surface area contributed by atoms with Crippen molar-refractivity contribution >= 4 is 6.29 Å². The van der Waals surface area contributed by atoms with E-state index in [4.69, 9.17) is 4.74 Å².